The average molecular weight is 206 g/mol. The van der Waals surface area contributed by atoms with Gasteiger partial charge in [0.2, 0.25) is 10.6 Å². The second kappa shape index (κ2) is 2.57. The molecule has 0 amide bonds. The van der Waals surface area contributed by atoms with E-state index in [0.29, 0.717) is 5.65 Å². The van der Waals surface area contributed by atoms with E-state index in [4.69, 9.17) is 23.2 Å². The molecule has 3 nitrogen and oxygen atoms in total. The Morgan fingerprint density at radius 2 is 2.08 bits per heavy atom. The van der Waals surface area contributed by atoms with Crippen LogP contribution in [-0.4, -0.2) is 14.4 Å². The minimum absolute atomic E-state index is 0.00519. The van der Waals surface area contributed by atoms with Gasteiger partial charge in [-0.3, -0.25) is 4.40 Å². The number of aromatic nitrogens is 3. The molecule has 0 atom stereocenters. The van der Waals surface area contributed by atoms with Crippen LogP contribution < -0.4 is 0 Å². The van der Waals surface area contributed by atoms with E-state index < -0.39 is 5.82 Å². The van der Waals surface area contributed by atoms with E-state index in [0.717, 1.165) is 0 Å². The van der Waals surface area contributed by atoms with Gasteiger partial charge in [-0.05, 0) is 23.2 Å². The third-order valence-corrected chi connectivity index (χ3v) is 1.79. The van der Waals surface area contributed by atoms with Gasteiger partial charge in [0.1, 0.15) is 11.5 Å². The summed E-state index contributed by atoms with van der Waals surface area (Å²) in [5.41, 5.74) is 0.345. The SMILES string of the molecule is Fc1cc2nc(Cl)nc(Cl)n2c1. The molecule has 2 aromatic heterocycles. The third-order valence-electron chi connectivity index (χ3n) is 1.36. The highest BCUT2D eigenvalue weighted by Crippen LogP contribution is 2.14. The molecule has 2 rings (SSSR count). The zero-order valence-corrected chi connectivity index (χ0v) is 7.14. The van der Waals surface area contributed by atoms with Crippen LogP contribution in [0.2, 0.25) is 10.6 Å². The Morgan fingerprint density at radius 1 is 1.33 bits per heavy atom. The molecular weight excluding hydrogens is 204 g/mol. The summed E-state index contributed by atoms with van der Waals surface area (Å²) in [5, 5.41) is 0.0968. The Balaban J connectivity index is 2.88. The molecule has 0 spiro atoms. The zero-order chi connectivity index (χ0) is 8.72. The second-order valence-electron chi connectivity index (χ2n) is 2.15. The molecule has 0 radical (unpaired) electrons. The first kappa shape index (κ1) is 7.76. The summed E-state index contributed by atoms with van der Waals surface area (Å²) in [6, 6.07) is 1.22. The maximum atomic E-state index is 12.6. The van der Waals surface area contributed by atoms with Crippen molar-refractivity contribution >= 4 is 28.8 Å². The second-order valence-corrected chi connectivity index (χ2v) is 2.82. The minimum Gasteiger partial charge on any atom is -0.273 e. The molecule has 0 unspecified atom stereocenters. The van der Waals surface area contributed by atoms with Crippen molar-refractivity contribution in [2.45, 2.75) is 0 Å². The zero-order valence-electron chi connectivity index (χ0n) is 5.63. The summed E-state index contributed by atoms with van der Waals surface area (Å²) in [4.78, 5) is 7.38. The van der Waals surface area contributed by atoms with Crippen LogP contribution in [0.15, 0.2) is 12.3 Å². The topological polar surface area (TPSA) is 30.2 Å². The van der Waals surface area contributed by atoms with Gasteiger partial charge < -0.3 is 0 Å². The summed E-state index contributed by atoms with van der Waals surface area (Å²) in [6.07, 6.45) is 1.19. The van der Waals surface area contributed by atoms with E-state index in [9.17, 15) is 4.39 Å². The fourth-order valence-corrected chi connectivity index (χ4v) is 1.33. The quantitative estimate of drug-likeness (QED) is 0.661. The highest BCUT2D eigenvalue weighted by molar-refractivity contribution is 6.31. The molecule has 0 aliphatic heterocycles. The van der Waals surface area contributed by atoms with Crippen LogP contribution in [0.25, 0.3) is 5.65 Å². The van der Waals surface area contributed by atoms with Crippen molar-refractivity contribution in [2.75, 3.05) is 0 Å². The molecule has 6 heteroatoms. The van der Waals surface area contributed by atoms with Crippen molar-refractivity contribution < 1.29 is 4.39 Å². The summed E-state index contributed by atoms with van der Waals surface area (Å²) in [7, 11) is 0. The van der Waals surface area contributed by atoms with Crippen LogP contribution in [0.3, 0.4) is 0 Å². The number of hydrogen-bond acceptors (Lipinski definition) is 2. The van der Waals surface area contributed by atoms with Crippen molar-refractivity contribution in [3.05, 3.63) is 28.6 Å². The van der Waals surface area contributed by atoms with E-state index in [1.807, 2.05) is 0 Å². The summed E-state index contributed by atoms with van der Waals surface area (Å²) >= 11 is 11.1. The molecule has 0 N–H and O–H groups in total. The molecule has 2 heterocycles. The molecule has 0 fully saturated rings. The molecule has 0 aromatic carbocycles. The number of nitrogens with zero attached hydrogens (tertiary/aromatic N) is 3. The van der Waals surface area contributed by atoms with Crippen LogP contribution >= 0.6 is 23.2 Å². The predicted molar refractivity (Wildman–Crippen MR) is 43.0 cm³/mol. The van der Waals surface area contributed by atoms with E-state index in [1.54, 1.807) is 0 Å². The largest absolute Gasteiger partial charge is 0.273 e. The summed E-state index contributed by atoms with van der Waals surface area (Å²) in [5.74, 6) is -0.423. The van der Waals surface area contributed by atoms with Crippen molar-refractivity contribution in [1.82, 2.24) is 14.4 Å². The van der Waals surface area contributed by atoms with Crippen molar-refractivity contribution in [3.63, 3.8) is 0 Å². The highest BCUT2D eigenvalue weighted by Gasteiger charge is 2.05. The lowest BCUT2D eigenvalue weighted by Crippen LogP contribution is -1.92. The number of fused-ring (bicyclic) bond motifs is 1. The first-order valence-corrected chi connectivity index (χ1v) is 3.79. The van der Waals surface area contributed by atoms with E-state index in [-0.39, 0.29) is 10.6 Å². The molecule has 0 aliphatic carbocycles. The smallest absolute Gasteiger partial charge is 0.227 e. The lowest BCUT2D eigenvalue weighted by atomic mass is 10.6. The Bertz CT molecular complexity index is 440. The highest BCUT2D eigenvalue weighted by atomic mass is 35.5. The molecule has 0 bridgehead atoms. The standard InChI is InChI=1S/C6H2Cl2FN3/c7-5-10-4-1-3(9)2-12(4)6(8)11-5/h1-2H. The van der Waals surface area contributed by atoms with Crippen LogP contribution in [0.1, 0.15) is 0 Å². The lowest BCUT2D eigenvalue weighted by Gasteiger charge is -1.95. The van der Waals surface area contributed by atoms with Gasteiger partial charge in [0.05, 0.1) is 0 Å². The molecular formula is C6H2Cl2FN3. The van der Waals surface area contributed by atoms with Crippen molar-refractivity contribution in [2.24, 2.45) is 0 Å². The van der Waals surface area contributed by atoms with Crippen LogP contribution in [-0.2, 0) is 0 Å². The predicted octanol–water partition coefficient (Wildman–Crippen LogP) is 2.18. The van der Waals surface area contributed by atoms with Gasteiger partial charge in [-0.25, -0.2) is 4.39 Å². The number of halogens is 3. The van der Waals surface area contributed by atoms with Gasteiger partial charge in [0, 0.05) is 12.3 Å². The van der Waals surface area contributed by atoms with Gasteiger partial charge in [0.15, 0.2) is 0 Å². The fourth-order valence-electron chi connectivity index (χ4n) is 0.903. The van der Waals surface area contributed by atoms with Gasteiger partial charge in [-0.2, -0.15) is 9.97 Å². The van der Waals surface area contributed by atoms with Gasteiger partial charge >= 0.3 is 0 Å². The fraction of sp³-hybridized carbons (Fsp3) is 0. The van der Waals surface area contributed by atoms with Crippen LogP contribution in [0.4, 0.5) is 4.39 Å². The van der Waals surface area contributed by atoms with Crippen molar-refractivity contribution in [3.8, 4) is 0 Å². The molecule has 2 aromatic rings. The van der Waals surface area contributed by atoms with E-state index >= 15 is 0 Å². The Morgan fingerprint density at radius 3 is 2.83 bits per heavy atom. The molecule has 12 heavy (non-hydrogen) atoms. The van der Waals surface area contributed by atoms with Crippen LogP contribution in [0.5, 0.6) is 0 Å². The number of rotatable bonds is 0. The number of hydrogen-bond donors (Lipinski definition) is 0. The monoisotopic (exact) mass is 205 g/mol. The Labute approximate surface area is 76.8 Å². The van der Waals surface area contributed by atoms with E-state index in [2.05, 4.69) is 9.97 Å². The average Bonchev–Trinajstić information content (AvgIpc) is 2.29. The van der Waals surface area contributed by atoms with Gasteiger partial charge in [0.25, 0.3) is 0 Å². The molecule has 0 aliphatic rings. The Kier molecular flexibility index (Phi) is 1.66. The summed E-state index contributed by atoms with van der Waals surface area (Å²) < 4.78 is 14.0. The van der Waals surface area contributed by atoms with Crippen LogP contribution in [0, 0.1) is 5.82 Å². The van der Waals surface area contributed by atoms with Gasteiger partial charge in [-0.1, -0.05) is 0 Å². The minimum atomic E-state index is -0.423. The van der Waals surface area contributed by atoms with Crippen molar-refractivity contribution in [1.29, 1.82) is 0 Å². The van der Waals surface area contributed by atoms with Gasteiger partial charge in [-0.15, -0.1) is 0 Å². The maximum Gasteiger partial charge on any atom is 0.227 e. The molecule has 0 saturated heterocycles. The first-order chi connectivity index (χ1) is 5.66. The summed E-state index contributed by atoms with van der Waals surface area (Å²) in [6.45, 7) is 0. The lowest BCUT2D eigenvalue weighted by molar-refractivity contribution is 0.628. The molecule has 62 valence electrons. The maximum absolute atomic E-state index is 12.6. The third kappa shape index (κ3) is 1.13. The Hall–Kier alpha value is -0.870. The van der Waals surface area contributed by atoms with E-state index in [1.165, 1.54) is 16.7 Å². The molecule has 0 saturated carbocycles. The first-order valence-electron chi connectivity index (χ1n) is 3.03. The normalized spacial score (nSPS) is 10.9.